The van der Waals surface area contributed by atoms with Crippen molar-refractivity contribution in [2.45, 2.75) is 25.3 Å². The topological polar surface area (TPSA) is 41.6 Å². The molecule has 1 aliphatic rings. The van der Waals surface area contributed by atoms with E-state index >= 15 is 0 Å². The summed E-state index contributed by atoms with van der Waals surface area (Å²) >= 11 is 1.77. The second-order valence-electron chi connectivity index (χ2n) is 6.10. The highest BCUT2D eigenvalue weighted by atomic mass is 32.1. The molecule has 0 aliphatic carbocycles. The van der Waals surface area contributed by atoms with Gasteiger partial charge in [-0.2, -0.15) is 0 Å². The largest absolute Gasteiger partial charge is 0.497 e. The molecule has 1 aromatic heterocycles. The van der Waals surface area contributed by atoms with E-state index in [-0.39, 0.29) is 5.91 Å². The molecule has 2 heterocycles. The Balaban J connectivity index is 1.56. The van der Waals surface area contributed by atoms with Crippen LogP contribution in [0.2, 0.25) is 0 Å². The summed E-state index contributed by atoms with van der Waals surface area (Å²) < 4.78 is 5.15. The molecule has 0 bridgehead atoms. The van der Waals surface area contributed by atoms with Crippen LogP contribution in [-0.4, -0.2) is 37.6 Å². The average Bonchev–Trinajstić information content (AvgIpc) is 3.30. The van der Waals surface area contributed by atoms with Crippen LogP contribution in [-0.2, 0) is 11.2 Å². The molecule has 3 rings (SSSR count). The van der Waals surface area contributed by atoms with Crippen molar-refractivity contribution in [3.63, 3.8) is 0 Å². The monoisotopic (exact) mass is 344 g/mol. The summed E-state index contributed by atoms with van der Waals surface area (Å²) in [7, 11) is 1.64. The third-order valence-corrected chi connectivity index (χ3v) is 5.44. The SMILES string of the molecule is COc1ccc(CC(=O)NC[C@H](c2cccs2)N2CCCC2)cc1. The lowest BCUT2D eigenvalue weighted by Crippen LogP contribution is -2.37. The van der Waals surface area contributed by atoms with Gasteiger partial charge in [-0.05, 0) is 55.1 Å². The third kappa shape index (κ3) is 4.36. The van der Waals surface area contributed by atoms with E-state index in [4.69, 9.17) is 4.74 Å². The number of hydrogen-bond donors (Lipinski definition) is 1. The molecule has 1 amide bonds. The molecule has 1 fully saturated rings. The molecule has 1 aliphatic heterocycles. The first kappa shape index (κ1) is 17.0. The molecule has 0 saturated carbocycles. The number of ether oxygens (including phenoxy) is 1. The van der Waals surface area contributed by atoms with Gasteiger partial charge < -0.3 is 10.1 Å². The van der Waals surface area contributed by atoms with E-state index in [1.54, 1.807) is 18.4 Å². The van der Waals surface area contributed by atoms with E-state index in [1.807, 2.05) is 24.3 Å². The lowest BCUT2D eigenvalue weighted by Gasteiger charge is -2.27. The van der Waals surface area contributed by atoms with Gasteiger partial charge in [-0.1, -0.05) is 18.2 Å². The molecular formula is C19H24N2O2S. The van der Waals surface area contributed by atoms with Crippen LogP contribution in [0.15, 0.2) is 41.8 Å². The fourth-order valence-electron chi connectivity index (χ4n) is 3.15. The molecule has 5 heteroatoms. The van der Waals surface area contributed by atoms with E-state index < -0.39 is 0 Å². The average molecular weight is 344 g/mol. The van der Waals surface area contributed by atoms with E-state index in [0.717, 1.165) is 24.4 Å². The molecule has 1 saturated heterocycles. The molecule has 0 spiro atoms. The zero-order chi connectivity index (χ0) is 16.8. The maximum atomic E-state index is 12.3. The van der Waals surface area contributed by atoms with Gasteiger partial charge >= 0.3 is 0 Å². The summed E-state index contributed by atoms with van der Waals surface area (Å²) in [6, 6.07) is 12.2. The van der Waals surface area contributed by atoms with Crippen molar-refractivity contribution < 1.29 is 9.53 Å². The van der Waals surface area contributed by atoms with Gasteiger partial charge in [0, 0.05) is 11.4 Å². The minimum Gasteiger partial charge on any atom is -0.497 e. The number of thiophene rings is 1. The standard InChI is InChI=1S/C19H24N2O2S/c1-23-16-8-6-15(7-9-16)13-19(22)20-14-17(18-5-4-12-24-18)21-10-2-3-11-21/h4-9,12,17H,2-3,10-11,13-14H2,1H3,(H,20,22)/t17-/m1/s1. The predicted octanol–water partition coefficient (Wildman–Crippen LogP) is 3.25. The number of methoxy groups -OCH3 is 1. The summed E-state index contributed by atoms with van der Waals surface area (Å²) in [6.07, 6.45) is 2.91. The van der Waals surface area contributed by atoms with Crippen LogP contribution in [0.5, 0.6) is 5.75 Å². The van der Waals surface area contributed by atoms with Crippen LogP contribution < -0.4 is 10.1 Å². The third-order valence-electron chi connectivity index (χ3n) is 4.47. The highest BCUT2D eigenvalue weighted by molar-refractivity contribution is 7.10. The Bertz CT molecular complexity index is 634. The second-order valence-corrected chi connectivity index (χ2v) is 7.08. The number of likely N-dealkylation sites (tertiary alicyclic amines) is 1. The van der Waals surface area contributed by atoms with Gasteiger partial charge in [0.15, 0.2) is 0 Å². The van der Waals surface area contributed by atoms with Crippen molar-refractivity contribution >= 4 is 17.2 Å². The first-order chi connectivity index (χ1) is 11.8. The van der Waals surface area contributed by atoms with Crippen LogP contribution >= 0.6 is 11.3 Å². The molecule has 1 aromatic carbocycles. The molecule has 4 nitrogen and oxygen atoms in total. The van der Waals surface area contributed by atoms with Crippen LogP contribution in [0, 0.1) is 0 Å². The summed E-state index contributed by atoms with van der Waals surface area (Å²) in [4.78, 5) is 16.1. The van der Waals surface area contributed by atoms with Crippen LogP contribution in [0.1, 0.15) is 29.3 Å². The number of nitrogens with one attached hydrogen (secondary N) is 1. The van der Waals surface area contributed by atoms with E-state index in [9.17, 15) is 4.79 Å². The van der Waals surface area contributed by atoms with Gasteiger partial charge in [0.05, 0.1) is 19.6 Å². The van der Waals surface area contributed by atoms with Gasteiger partial charge in [-0.3, -0.25) is 9.69 Å². The maximum Gasteiger partial charge on any atom is 0.224 e. The lowest BCUT2D eigenvalue weighted by molar-refractivity contribution is -0.120. The van der Waals surface area contributed by atoms with Crippen molar-refractivity contribution in [1.29, 1.82) is 0 Å². The van der Waals surface area contributed by atoms with Crippen LogP contribution in [0.4, 0.5) is 0 Å². The van der Waals surface area contributed by atoms with Crippen LogP contribution in [0.3, 0.4) is 0 Å². The van der Waals surface area contributed by atoms with Gasteiger partial charge in [-0.25, -0.2) is 0 Å². The predicted molar refractivity (Wildman–Crippen MR) is 97.6 cm³/mol. The number of amides is 1. The molecule has 24 heavy (non-hydrogen) atoms. The van der Waals surface area contributed by atoms with E-state index in [1.165, 1.54) is 17.7 Å². The summed E-state index contributed by atoms with van der Waals surface area (Å²) in [5.41, 5.74) is 1.00. The minimum atomic E-state index is 0.0703. The van der Waals surface area contributed by atoms with Crippen molar-refractivity contribution in [3.8, 4) is 5.75 Å². The Morgan fingerprint density at radius 3 is 2.62 bits per heavy atom. The smallest absolute Gasteiger partial charge is 0.224 e. The number of carbonyl (C=O) groups excluding carboxylic acids is 1. The Hall–Kier alpha value is -1.85. The fraction of sp³-hybridized carbons (Fsp3) is 0.421. The minimum absolute atomic E-state index is 0.0703. The van der Waals surface area contributed by atoms with Crippen molar-refractivity contribution in [2.24, 2.45) is 0 Å². The van der Waals surface area contributed by atoms with Gasteiger partial charge in [0.2, 0.25) is 5.91 Å². The van der Waals surface area contributed by atoms with Crippen LogP contribution in [0.25, 0.3) is 0 Å². The van der Waals surface area contributed by atoms with Crippen molar-refractivity contribution in [2.75, 3.05) is 26.7 Å². The first-order valence-electron chi connectivity index (χ1n) is 8.43. The van der Waals surface area contributed by atoms with E-state index in [0.29, 0.717) is 19.0 Å². The number of rotatable bonds is 7. The Labute approximate surface area is 147 Å². The summed E-state index contributed by atoms with van der Waals surface area (Å²) in [5, 5.41) is 5.23. The molecule has 128 valence electrons. The summed E-state index contributed by atoms with van der Waals surface area (Å²) in [5.74, 6) is 0.881. The first-order valence-corrected chi connectivity index (χ1v) is 9.31. The van der Waals surface area contributed by atoms with Crippen molar-refractivity contribution in [3.05, 3.63) is 52.2 Å². The Kier molecular flexibility index (Phi) is 5.88. The quantitative estimate of drug-likeness (QED) is 0.838. The number of carbonyl (C=O) groups is 1. The number of hydrogen-bond acceptors (Lipinski definition) is 4. The lowest BCUT2D eigenvalue weighted by atomic mass is 10.1. The van der Waals surface area contributed by atoms with Gasteiger partial charge in [0.25, 0.3) is 0 Å². The number of benzene rings is 1. The summed E-state index contributed by atoms with van der Waals surface area (Å²) in [6.45, 7) is 2.92. The zero-order valence-electron chi connectivity index (χ0n) is 14.0. The number of nitrogens with zero attached hydrogens (tertiary/aromatic N) is 1. The highest BCUT2D eigenvalue weighted by Gasteiger charge is 2.24. The van der Waals surface area contributed by atoms with Crippen molar-refractivity contribution in [1.82, 2.24) is 10.2 Å². The molecule has 2 aromatic rings. The normalized spacial score (nSPS) is 16.0. The molecule has 0 unspecified atom stereocenters. The van der Waals surface area contributed by atoms with E-state index in [2.05, 4.69) is 27.7 Å². The van der Waals surface area contributed by atoms with Gasteiger partial charge in [-0.15, -0.1) is 11.3 Å². The molecule has 1 atom stereocenters. The molecular weight excluding hydrogens is 320 g/mol. The highest BCUT2D eigenvalue weighted by Crippen LogP contribution is 2.27. The molecule has 1 N–H and O–H groups in total. The maximum absolute atomic E-state index is 12.3. The van der Waals surface area contributed by atoms with Gasteiger partial charge in [0.1, 0.15) is 5.75 Å². The zero-order valence-corrected chi connectivity index (χ0v) is 14.8. The second kappa shape index (κ2) is 8.31. The Morgan fingerprint density at radius 1 is 1.25 bits per heavy atom. The fourth-order valence-corrected chi connectivity index (χ4v) is 4.01. The Morgan fingerprint density at radius 2 is 2.00 bits per heavy atom. The molecule has 0 radical (unpaired) electrons.